The molecule has 1 aliphatic carbocycles. The van der Waals surface area contributed by atoms with Gasteiger partial charge in [0.05, 0.1) is 11.3 Å². The van der Waals surface area contributed by atoms with Crippen molar-refractivity contribution < 1.29 is 59.6 Å². The number of aromatic nitrogens is 3. The lowest BCUT2D eigenvalue weighted by molar-refractivity contribution is -0.286. The van der Waals surface area contributed by atoms with E-state index in [0.717, 1.165) is 22.9 Å². The molecule has 0 unspecified atom stereocenters. The number of rotatable bonds is 7. The third-order valence-electron chi connectivity index (χ3n) is 7.13. The molecule has 9 nitrogen and oxygen atoms in total. The molecule has 0 saturated heterocycles. The molecule has 2 aliphatic rings. The summed E-state index contributed by atoms with van der Waals surface area (Å²) in [6, 6.07) is 8.76. The smallest absolute Gasteiger partial charge is 0.484 e. The average molecular weight is 639 g/mol. The fourth-order valence-electron chi connectivity index (χ4n) is 5.14. The molecule has 4 aromatic rings. The normalized spacial score (nSPS) is 17.5. The number of aromatic carboxylic acids is 1. The van der Waals surface area contributed by atoms with Gasteiger partial charge in [-0.15, -0.1) is 8.78 Å². The Labute approximate surface area is 248 Å². The second kappa shape index (κ2) is 10.9. The highest BCUT2D eigenvalue weighted by molar-refractivity contribution is 5.87. The summed E-state index contributed by atoms with van der Waals surface area (Å²) in [5.74, 6) is -5.14. The number of carboxylic acids is 1. The number of fused-ring (bicyclic) bond motifs is 2. The number of alkyl halides is 5. The maximum atomic E-state index is 14.9. The number of hydrogen-bond donors (Lipinski definition) is 1. The van der Waals surface area contributed by atoms with Crippen LogP contribution < -0.4 is 18.9 Å². The highest BCUT2D eigenvalue weighted by Crippen LogP contribution is 2.44. The van der Waals surface area contributed by atoms with Crippen molar-refractivity contribution in [2.45, 2.75) is 50.9 Å². The van der Waals surface area contributed by atoms with Crippen LogP contribution in [0.1, 0.15) is 64.8 Å². The van der Waals surface area contributed by atoms with E-state index >= 15 is 0 Å². The number of carbonyl (C=O) groups is 1. The summed E-state index contributed by atoms with van der Waals surface area (Å²) in [6.07, 6.45) is -10.6. The topological polar surface area (TPSA) is 105 Å². The molecule has 2 aromatic carbocycles. The van der Waals surface area contributed by atoms with Crippen molar-refractivity contribution in [3.63, 3.8) is 0 Å². The number of ether oxygens (including phenoxy) is 4. The Bertz CT molecular complexity index is 1790. The third kappa shape index (κ3) is 5.79. The molecule has 0 bridgehead atoms. The summed E-state index contributed by atoms with van der Waals surface area (Å²) >= 11 is 0. The zero-order valence-corrected chi connectivity index (χ0v) is 22.9. The highest BCUT2D eigenvalue weighted by Gasteiger charge is 2.45. The van der Waals surface area contributed by atoms with Crippen LogP contribution in [-0.2, 0) is 12.6 Å². The van der Waals surface area contributed by atoms with E-state index < -0.39 is 65.4 Å². The third-order valence-corrected chi connectivity index (χ3v) is 7.13. The number of pyridine rings is 1. The minimum atomic E-state index is -4.86. The molecule has 236 valence electrons. The second-order valence-electron chi connectivity index (χ2n) is 10.2. The molecule has 45 heavy (non-hydrogen) atoms. The van der Waals surface area contributed by atoms with Crippen LogP contribution in [0, 0.1) is 11.6 Å². The molecule has 2 aromatic heterocycles. The molecule has 16 heteroatoms. The van der Waals surface area contributed by atoms with Gasteiger partial charge < -0.3 is 24.1 Å². The lowest BCUT2D eigenvalue weighted by Gasteiger charge is -2.25. The molecule has 0 spiro atoms. The maximum Gasteiger partial charge on any atom is 0.586 e. The van der Waals surface area contributed by atoms with Crippen molar-refractivity contribution in [3.05, 3.63) is 88.2 Å². The first-order valence-electron chi connectivity index (χ1n) is 13.3. The van der Waals surface area contributed by atoms with Gasteiger partial charge in [0, 0.05) is 17.2 Å². The largest absolute Gasteiger partial charge is 0.586 e. The molecule has 6 rings (SSSR count). The number of carboxylic acid groups (broad SMARTS) is 1. The quantitative estimate of drug-likeness (QED) is 0.212. The van der Waals surface area contributed by atoms with Gasteiger partial charge >= 0.3 is 18.4 Å². The monoisotopic (exact) mass is 639 g/mol. The summed E-state index contributed by atoms with van der Waals surface area (Å²) in [5.41, 5.74) is -1.68. The summed E-state index contributed by atoms with van der Waals surface area (Å²) in [6.45, 7) is 1.27. The maximum absolute atomic E-state index is 14.9. The molecule has 0 fully saturated rings. The van der Waals surface area contributed by atoms with E-state index in [4.69, 9.17) is 14.6 Å². The number of benzene rings is 2. The summed E-state index contributed by atoms with van der Waals surface area (Å²) < 4.78 is 120. The van der Waals surface area contributed by atoms with Crippen LogP contribution >= 0.6 is 0 Å². The molecule has 1 N–H and O–H groups in total. The standard InChI is InChI=1S/C29H20F7N3O6/c1-13(17-11-21-22(12-19(17)31)45-29(35,36)44-21)42-26-18(30)9-10-23(37-26)39-24-16(25(38-39)28(32,33)34)3-2-4-20(24)43-15-7-5-14(6-8-15)27(40)41/h5-13,20H,2-4H2,1H3,(H,40,41)/t13-,20-/m0/s1. The Morgan fingerprint density at radius 3 is 2.42 bits per heavy atom. The first-order chi connectivity index (χ1) is 21.2. The van der Waals surface area contributed by atoms with Crippen molar-refractivity contribution in [3.8, 4) is 28.9 Å². The molecule has 3 heterocycles. The van der Waals surface area contributed by atoms with E-state index in [1.165, 1.54) is 31.2 Å². The second-order valence-corrected chi connectivity index (χ2v) is 10.2. The minimum Gasteiger partial charge on any atom is -0.484 e. The molecule has 0 amide bonds. The number of nitrogens with zero attached hydrogens (tertiary/aromatic N) is 3. The predicted molar refractivity (Wildman–Crippen MR) is 138 cm³/mol. The molecule has 2 atom stereocenters. The fraction of sp³-hybridized carbons (Fsp3) is 0.276. The number of halogens is 7. The van der Waals surface area contributed by atoms with Gasteiger partial charge in [-0.2, -0.15) is 23.3 Å². The summed E-state index contributed by atoms with van der Waals surface area (Å²) in [4.78, 5) is 15.2. The zero-order valence-electron chi connectivity index (χ0n) is 22.9. The van der Waals surface area contributed by atoms with E-state index in [0.29, 0.717) is 12.5 Å². The first kappa shape index (κ1) is 30.0. The van der Waals surface area contributed by atoms with Crippen LogP contribution in [0.25, 0.3) is 5.82 Å². The van der Waals surface area contributed by atoms with Crippen molar-refractivity contribution in [1.29, 1.82) is 0 Å². The zero-order chi connectivity index (χ0) is 32.3. The Morgan fingerprint density at radius 2 is 1.76 bits per heavy atom. The Balaban J connectivity index is 1.35. The molecular weight excluding hydrogens is 619 g/mol. The Morgan fingerprint density at radius 1 is 1.07 bits per heavy atom. The van der Waals surface area contributed by atoms with Crippen molar-refractivity contribution in [1.82, 2.24) is 14.8 Å². The lowest BCUT2D eigenvalue weighted by Crippen LogP contribution is -2.25. The average Bonchev–Trinajstić information content (AvgIpc) is 3.51. The van der Waals surface area contributed by atoms with E-state index in [1.807, 2.05) is 0 Å². The Kier molecular flexibility index (Phi) is 7.24. The van der Waals surface area contributed by atoms with Crippen LogP contribution in [0.4, 0.5) is 30.7 Å². The van der Waals surface area contributed by atoms with Gasteiger partial charge in [0.15, 0.2) is 28.8 Å². The summed E-state index contributed by atoms with van der Waals surface area (Å²) in [5, 5.41) is 12.9. The van der Waals surface area contributed by atoms with Crippen molar-refractivity contribution in [2.75, 3.05) is 0 Å². The van der Waals surface area contributed by atoms with Gasteiger partial charge in [-0.05, 0) is 68.7 Å². The van der Waals surface area contributed by atoms with Gasteiger partial charge in [-0.3, -0.25) is 0 Å². The van der Waals surface area contributed by atoms with Gasteiger partial charge in [-0.1, -0.05) is 0 Å². The van der Waals surface area contributed by atoms with Crippen molar-refractivity contribution >= 4 is 5.97 Å². The van der Waals surface area contributed by atoms with Crippen LogP contribution in [-0.4, -0.2) is 32.1 Å². The van der Waals surface area contributed by atoms with Gasteiger partial charge in [0.1, 0.15) is 23.8 Å². The summed E-state index contributed by atoms with van der Waals surface area (Å²) in [7, 11) is 0. The van der Waals surface area contributed by atoms with E-state index in [2.05, 4.69) is 19.6 Å². The lowest BCUT2D eigenvalue weighted by atomic mass is 9.93. The Hall–Kier alpha value is -5.02. The van der Waals surface area contributed by atoms with E-state index in [-0.39, 0.29) is 46.8 Å². The fourth-order valence-corrected chi connectivity index (χ4v) is 5.14. The number of hydrogen-bond acceptors (Lipinski definition) is 7. The van der Waals surface area contributed by atoms with Crippen LogP contribution in [0.5, 0.6) is 23.1 Å². The van der Waals surface area contributed by atoms with Crippen molar-refractivity contribution in [2.24, 2.45) is 0 Å². The van der Waals surface area contributed by atoms with Crippen LogP contribution in [0.15, 0.2) is 48.5 Å². The molecule has 1 aliphatic heterocycles. The highest BCUT2D eigenvalue weighted by atomic mass is 19.4. The molecular formula is C29H20F7N3O6. The van der Waals surface area contributed by atoms with Gasteiger partial charge in [0.25, 0.3) is 5.88 Å². The van der Waals surface area contributed by atoms with E-state index in [9.17, 15) is 35.5 Å². The van der Waals surface area contributed by atoms with Crippen LogP contribution in [0.2, 0.25) is 0 Å². The molecule has 0 saturated carbocycles. The molecule has 0 radical (unpaired) electrons. The van der Waals surface area contributed by atoms with Crippen LogP contribution in [0.3, 0.4) is 0 Å². The first-order valence-corrected chi connectivity index (χ1v) is 13.3. The predicted octanol–water partition coefficient (Wildman–Crippen LogP) is 7.18. The van der Waals surface area contributed by atoms with Gasteiger partial charge in [-0.25, -0.2) is 18.3 Å². The van der Waals surface area contributed by atoms with E-state index in [1.54, 1.807) is 0 Å². The minimum absolute atomic E-state index is 0.00302. The van der Waals surface area contributed by atoms with Gasteiger partial charge in [0.2, 0.25) is 0 Å². The SMILES string of the molecule is C[C@H](Oc1nc(-n2nc(C(F)(F)F)c3c2[C@@H](Oc2ccc(C(=O)O)cc2)CCC3)ccc1F)c1cc2c(cc1F)OC(F)(F)O2.